The van der Waals surface area contributed by atoms with E-state index in [2.05, 4.69) is 31.2 Å². The van der Waals surface area contributed by atoms with Crippen molar-refractivity contribution < 1.29 is 27.6 Å². The number of carbonyl (C=O) groups is 1. The molecule has 0 spiro atoms. The van der Waals surface area contributed by atoms with Gasteiger partial charge in [0.25, 0.3) is 5.89 Å². The summed E-state index contributed by atoms with van der Waals surface area (Å²) in [6.07, 6.45) is 2.61. The first-order chi connectivity index (χ1) is 14.1. The Labute approximate surface area is 177 Å². The average molecular weight is 488 g/mol. The number of aliphatic carboxylic acids is 1. The molecule has 2 heterocycles. The number of nitrogens with zero attached hydrogens (tertiary/aromatic N) is 4. The molecule has 2 aromatic heterocycles. The Morgan fingerprint density at radius 3 is 2.53 bits per heavy atom. The Bertz CT molecular complexity index is 1030. The molecule has 0 aliphatic heterocycles. The van der Waals surface area contributed by atoms with Gasteiger partial charge >= 0.3 is 12.1 Å². The largest absolute Gasteiger partial charge is 0.490 e. The Kier molecular flexibility index (Phi) is 6.27. The third-order valence-corrected chi connectivity index (χ3v) is 4.93. The van der Waals surface area contributed by atoms with E-state index in [9.17, 15) is 13.2 Å². The molecule has 30 heavy (non-hydrogen) atoms. The van der Waals surface area contributed by atoms with Gasteiger partial charge in [0.1, 0.15) is 0 Å². The highest BCUT2D eigenvalue weighted by atomic mass is 79.9. The molecular formula is C18H17BrF3N5O3. The number of rotatable bonds is 3. The molecular weight excluding hydrogens is 471 g/mol. The summed E-state index contributed by atoms with van der Waals surface area (Å²) >= 11 is 3.40. The van der Waals surface area contributed by atoms with Gasteiger partial charge in [0, 0.05) is 11.8 Å². The molecule has 0 unspecified atom stereocenters. The summed E-state index contributed by atoms with van der Waals surface area (Å²) in [6, 6.07) is 7.82. The first-order valence-corrected chi connectivity index (χ1v) is 9.62. The first-order valence-electron chi connectivity index (χ1n) is 8.83. The molecule has 1 aliphatic carbocycles. The molecule has 0 amide bonds. The Balaban J connectivity index is 0.000000318. The van der Waals surface area contributed by atoms with Crippen LogP contribution in [-0.4, -0.2) is 37.2 Å². The summed E-state index contributed by atoms with van der Waals surface area (Å²) in [6.45, 7) is 0. The Morgan fingerprint density at radius 1 is 1.30 bits per heavy atom. The third kappa shape index (κ3) is 5.05. The molecule has 0 radical (unpaired) electrons. The summed E-state index contributed by atoms with van der Waals surface area (Å²) < 4.78 is 39.9. The zero-order valence-electron chi connectivity index (χ0n) is 15.4. The van der Waals surface area contributed by atoms with Gasteiger partial charge in [-0.25, -0.2) is 9.48 Å². The van der Waals surface area contributed by atoms with Crippen LogP contribution in [0.5, 0.6) is 0 Å². The zero-order valence-corrected chi connectivity index (χ0v) is 17.0. The van der Waals surface area contributed by atoms with Crippen molar-refractivity contribution in [2.24, 2.45) is 5.73 Å². The molecule has 1 fully saturated rings. The van der Waals surface area contributed by atoms with Gasteiger partial charge in [0.05, 0.1) is 21.9 Å². The number of nitrogens with two attached hydrogens (primary N) is 1. The molecule has 12 heteroatoms. The summed E-state index contributed by atoms with van der Waals surface area (Å²) in [5.74, 6) is -1.66. The van der Waals surface area contributed by atoms with E-state index in [4.69, 9.17) is 20.2 Å². The Hall–Kier alpha value is -2.73. The minimum Gasteiger partial charge on any atom is -0.475 e. The summed E-state index contributed by atoms with van der Waals surface area (Å²) in [4.78, 5) is 13.4. The minimum absolute atomic E-state index is 0.438. The van der Waals surface area contributed by atoms with E-state index in [1.54, 1.807) is 10.9 Å². The Morgan fingerprint density at radius 2 is 1.97 bits per heavy atom. The SMILES string of the molecule is NC1(c2noc(-c3cccc(-n4cc(Br)cn4)c3)n2)CCCC1.O=C(O)C(F)(F)F. The maximum Gasteiger partial charge on any atom is 0.490 e. The second-order valence-corrected chi connectivity index (χ2v) is 7.66. The minimum atomic E-state index is -5.08. The highest BCUT2D eigenvalue weighted by Gasteiger charge is 2.38. The van der Waals surface area contributed by atoms with Crippen LogP contribution in [0.1, 0.15) is 31.5 Å². The normalized spacial score (nSPS) is 15.5. The maximum absolute atomic E-state index is 10.6. The fraction of sp³-hybridized carbons (Fsp3) is 0.333. The molecule has 1 aromatic carbocycles. The molecule has 1 saturated carbocycles. The lowest BCUT2D eigenvalue weighted by Crippen LogP contribution is -2.34. The van der Waals surface area contributed by atoms with Crippen molar-refractivity contribution in [1.29, 1.82) is 0 Å². The second-order valence-electron chi connectivity index (χ2n) is 6.74. The third-order valence-electron chi connectivity index (χ3n) is 4.52. The topological polar surface area (TPSA) is 120 Å². The molecule has 1 aliphatic rings. The van der Waals surface area contributed by atoms with Crippen LogP contribution in [0.25, 0.3) is 17.1 Å². The lowest BCUT2D eigenvalue weighted by atomic mass is 9.99. The second kappa shape index (κ2) is 8.56. The van der Waals surface area contributed by atoms with Gasteiger partial charge in [0.2, 0.25) is 0 Å². The van der Waals surface area contributed by atoms with Crippen LogP contribution in [0.2, 0.25) is 0 Å². The molecule has 3 aromatic rings. The molecule has 4 rings (SSSR count). The van der Waals surface area contributed by atoms with Crippen LogP contribution in [0.15, 0.2) is 45.7 Å². The molecule has 8 nitrogen and oxygen atoms in total. The van der Waals surface area contributed by atoms with Crippen LogP contribution < -0.4 is 5.73 Å². The smallest absolute Gasteiger partial charge is 0.475 e. The van der Waals surface area contributed by atoms with Crippen LogP contribution >= 0.6 is 15.9 Å². The number of hydrogen-bond donors (Lipinski definition) is 2. The standard InChI is InChI=1S/C16H16BrN5O.C2HF3O2/c17-12-9-19-22(10-12)13-5-3-4-11(8-13)14-20-15(21-23-14)16(18)6-1-2-7-16;3-2(4,5)1(6)7/h3-5,8-10H,1-2,6-7,18H2;(H,6,7). The van der Waals surface area contributed by atoms with Crippen molar-refractivity contribution in [3.63, 3.8) is 0 Å². The van der Waals surface area contributed by atoms with Crippen LogP contribution in [0.4, 0.5) is 13.2 Å². The van der Waals surface area contributed by atoms with Crippen molar-refractivity contribution in [2.75, 3.05) is 0 Å². The van der Waals surface area contributed by atoms with E-state index < -0.39 is 17.7 Å². The zero-order chi connectivity index (χ0) is 21.9. The van der Waals surface area contributed by atoms with Gasteiger partial charge in [-0.2, -0.15) is 23.3 Å². The van der Waals surface area contributed by atoms with E-state index in [0.29, 0.717) is 11.7 Å². The number of halogens is 4. The van der Waals surface area contributed by atoms with Gasteiger partial charge in [-0.1, -0.05) is 24.1 Å². The average Bonchev–Trinajstić information content (AvgIpc) is 3.43. The highest BCUT2D eigenvalue weighted by Crippen LogP contribution is 2.35. The van der Waals surface area contributed by atoms with E-state index in [0.717, 1.165) is 41.4 Å². The van der Waals surface area contributed by atoms with Crippen molar-refractivity contribution in [3.05, 3.63) is 47.0 Å². The number of aromatic nitrogens is 4. The van der Waals surface area contributed by atoms with Crippen LogP contribution in [-0.2, 0) is 10.3 Å². The van der Waals surface area contributed by atoms with E-state index in [-0.39, 0.29) is 0 Å². The van der Waals surface area contributed by atoms with Gasteiger partial charge in [-0.05, 0) is 47.0 Å². The molecule has 0 saturated heterocycles. The van der Waals surface area contributed by atoms with Crippen molar-refractivity contribution in [1.82, 2.24) is 19.9 Å². The van der Waals surface area contributed by atoms with E-state index in [1.807, 2.05) is 30.5 Å². The van der Waals surface area contributed by atoms with E-state index >= 15 is 0 Å². The summed E-state index contributed by atoms with van der Waals surface area (Å²) in [7, 11) is 0. The van der Waals surface area contributed by atoms with Gasteiger partial charge in [-0.3, -0.25) is 0 Å². The quantitative estimate of drug-likeness (QED) is 0.571. The van der Waals surface area contributed by atoms with E-state index in [1.165, 1.54) is 0 Å². The molecule has 160 valence electrons. The number of carboxylic acid groups (broad SMARTS) is 1. The summed E-state index contributed by atoms with van der Waals surface area (Å²) in [5.41, 5.74) is 7.74. The lowest BCUT2D eigenvalue weighted by molar-refractivity contribution is -0.192. The predicted molar refractivity (Wildman–Crippen MR) is 103 cm³/mol. The predicted octanol–water partition coefficient (Wildman–Crippen LogP) is 4.05. The number of benzene rings is 1. The van der Waals surface area contributed by atoms with Crippen LogP contribution in [0, 0.1) is 0 Å². The number of hydrogen-bond acceptors (Lipinski definition) is 6. The van der Waals surface area contributed by atoms with Crippen molar-refractivity contribution in [3.8, 4) is 17.1 Å². The summed E-state index contributed by atoms with van der Waals surface area (Å²) in [5, 5.41) is 15.5. The fourth-order valence-electron chi connectivity index (χ4n) is 3.00. The molecule has 0 bridgehead atoms. The van der Waals surface area contributed by atoms with Crippen molar-refractivity contribution in [2.45, 2.75) is 37.4 Å². The number of carboxylic acids is 1. The monoisotopic (exact) mass is 487 g/mol. The van der Waals surface area contributed by atoms with Gasteiger partial charge in [-0.15, -0.1) is 0 Å². The lowest BCUT2D eigenvalue weighted by Gasteiger charge is -2.17. The fourth-order valence-corrected chi connectivity index (χ4v) is 3.28. The maximum atomic E-state index is 10.6. The molecule has 3 N–H and O–H groups in total. The highest BCUT2D eigenvalue weighted by molar-refractivity contribution is 9.10. The number of alkyl halides is 3. The van der Waals surface area contributed by atoms with Crippen LogP contribution in [0.3, 0.4) is 0 Å². The van der Waals surface area contributed by atoms with Gasteiger partial charge in [0.15, 0.2) is 5.82 Å². The van der Waals surface area contributed by atoms with Crippen molar-refractivity contribution >= 4 is 21.9 Å². The first kappa shape index (κ1) is 22.0. The molecule has 0 atom stereocenters. The van der Waals surface area contributed by atoms with Gasteiger partial charge < -0.3 is 15.4 Å².